The molecule has 0 saturated carbocycles. The predicted molar refractivity (Wildman–Crippen MR) is 128 cm³/mol. The second-order valence-corrected chi connectivity index (χ2v) is 10.8. The first-order chi connectivity index (χ1) is 15.2. The molecule has 2 aromatic carbocycles. The van der Waals surface area contributed by atoms with E-state index in [1.54, 1.807) is 12.1 Å². The van der Waals surface area contributed by atoms with Crippen molar-refractivity contribution in [2.24, 2.45) is 5.92 Å². The van der Waals surface area contributed by atoms with Crippen LogP contribution in [0.1, 0.15) is 29.5 Å². The van der Waals surface area contributed by atoms with Crippen LogP contribution in [0.5, 0.6) is 5.75 Å². The number of amides is 1. The van der Waals surface area contributed by atoms with Gasteiger partial charge in [-0.15, -0.1) is 0 Å². The molecular formula is C23H28Cl2N2O4S. The Hall–Kier alpha value is -1.80. The van der Waals surface area contributed by atoms with Crippen molar-refractivity contribution in [2.45, 2.75) is 32.4 Å². The number of sulfonamides is 1. The van der Waals surface area contributed by atoms with Gasteiger partial charge < -0.3 is 10.1 Å². The van der Waals surface area contributed by atoms with Crippen molar-refractivity contribution in [2.75, 3.05) is 26.2 Å². The predicted octanol–water partition coefficient (Wildman–Crippen LogP) is 4.35. The third-order valence-corrected chi connectivity index (χ3v) is 8.10. The summed E-state index contributed by atoms with van der Waals surface area (Å²) in [6.07, 6.45) is 1.28. The van der Waals surface area contributed by atoms with E-state index in [4.69, 9.17) is 27.9 Å². The van der Waals surface area contributed by atoms with E-state index in [0.29, 0.717) is 48.1 Å². The minimum Gasteiger partial charge on any atom is -0.491 e. The van der Waals surface area contributed by atoms with Gasteiger partial charge in [-0.05, 0) is 61.6 Å². The van der Waals surface area contributed by atoms with Gasteiger partial charge in [0.1, 0.15) is 12.4 Å². The van der Waals surface area contributed by atoms with Crippen molar-refractivity contribution in [1.82, 2.24) is 9.62 Å². The molecule has 0 spiro atoms. The molecule has 9 heteroatoms. The molecule has 1 atom stereocenters. The van der Waals surface area contributed by atoms with Gasteiger partial charge in [-0.25, -0.2) is 12.7 Å². The van der Waals surface area contributed by atoms with Crippen LogP contribution in [0.25, 0.3) is 0 Å². The van der Waals surface area contributed by atoms with Crippen LogP contribution in [-0.4, -0.2) is 44.9 Å². The van der Waals surface area contributed by atoms with Gasteiger partial charge in [-0.1, -0.05) is 41.4 Å². The number of rotatable bonds is 8. The summed E-state index contributed by atoms with van der Waals surface area (Å²) < 4.78 is 33.0. The topological polar surface area (TPSA) is 75.7 Å². The second kappa shape index (κ2) is 10.9. The molecule has 1 aliphatic rings. The fraction of sp³-hybridized carbons (Fsp3) is 0.435. The van der Waals surface area contributed by atoms with Gasteiger partial charge in [0.25, 0.3) is 0 Å². The molecule has 3 rings (SSSR count). The van der Waals surface area contributed by atoms with E-state index in [9.17, 15) is 13.2 Å². The van der Waals surface area contributed by atoms with Crippen LogP contribution in [0.4, 0.5) is 0 Å². The summed E-state index contributed by atoms with van der Waals surface area (Å²) in [4.78, 5) is 12.6. The number of carbonyl (C=O) groups excluding carboxylic acids is 1. The van der Waals surface area contributed by atoms with E-state index in [2.05, 4.69) is 5.32 Å². The first-order valence-electron chi connectivity index (χ1n) is 10.6. The van der Waals surface area contributed by atoms with Gasteiger partial charge in [-0.3, -0.25) is 4.79 Å². The molecule has 0 aromatic heterocycles. The SMILES string of the molecule is Cc1cccc(OCCNC(=O)[C@@H]2CCCN(S(=O)(=O)Cc3ccc(Cl)cc3Cl)C2)c1C. The average molecular weight is 499 g/mol. The molecule has 1 heterocycles. The van der Waals surface area contributed by atoms with Crippen molar-refractivity contribution >= 4 is 39.1 Å². The molecule has 2 aromatic rings. The molecule has 0 radical (unpaired) electrons. The molecule has 6 nitrogen and oxygen atoms in total. The quantitative estimate of drug-likeness (QED) is 0.549. The van der Waals surface area contributed by atoms with Gasteiger partial charge in [0, 0.05) is 23.1 Å². The molecule has 1 fully saturated rings. The number of carbonyl (C=O) groups is 1. The Morgan fingerprint density at radius 3 is 2.75 bits per heavy atom. The van der Waals surface area contributed by atoms with Crippen molar-refractivity contribution in [3.63, 3.8) is 0 Å². The van der Waals surface area contributed by atoms with Gasteiger partial charge >= 0.3 is 0 Å². The lowest BCUT2D eigenvalue weighted by molar-refractivity contribution is -0.126. The summed E-state index contributed by atoms with van der Waals surface area (Å²) in [5.74, 6) is 0.0371. The number of hydrogen-bond acceptors (Lipinski definition) is 4. The van der Waals surface area contributed by atoms with Gasteiger partial charge in [0.15, 0.2) is 0 Å². The molecule has 0 unspecified atom stereocenters. The number of halogens is 2. The summed E-state index contributed by atoms with van der Waals surface area (Å²) in [5.41, 5.74) is 2.72. The van der Waals surface area contributed by atoms with Crippen LogP contribution < -0.4 is 10.1 Å². The highest BCUT2D eigenvalue weighted by Gasteiger charge is 2.32. The highest BCUT2D eigenvalue weighted by molar-refractivity contribution is 7.88. The maximum Gasteiger partial charge on any atom is 0.224 e. The molecular weight excluding hydrogens is 471 g/mol. The molecule has 1 N–H and O–H groups in total. The Bertz CT molecular complexity index is 1080. The number of benzene rings is 2. The smallest absolute Gasteiger partial charge is 0.224 e. The monoisotopic (exact) mass is 498 g/mol. The first kappa shape index (κ1) is 24.8. The lowest BCUT2D eigenvalue weighted by Crippen LogP contribution is -2.46. The standard InChI is InChI=1S/C23H28Cl2N2O4S/c1-16-5-3-7-22(17(16)2)31-12-10-26-23(28)18-6-4-11-27(14-18)32(29,30)15-19-8-9-20(24)13-21(19)25/h3,5,7-9,13,18H,4,6,10-12,14-15H2,1-2H3,(H,26,28)/t18-/m1/s1. The van der Waals surface area contributed by atoms with Gasteiger partial charge in [0.05, 0.1) is 18.2 Å². The Labute approximate surface area is 199 Å². The van der Waals surface area contributed by atoms with Crippen LogP contribution in [0, 0.1) is 19.8 Å². The summed E-state index contributed by atoms with van der Waals surface area (Å²) >= 11 is 12.0. The zero-order chi connectivity index (χ0) is 23.3. The van der Waals surface area contributed by atoms with Crippen molar-refractivity contribution < 1.29 is 17.9 Å². The maximum atomic E-state index is 12.9. The molecule has 0 aliphatic carbocycles. The van der Waals surface area contributed by atoms with Crippen molar-refractivity contribution in [3.05, 3.63) is 63.1 Å². The minimum absolute atomic E-state index is 0.154. The number of nitrogens with one attached hydrogen (secondary N) is 1. The summed E-state index contributed by atoms with van der Waals surface area (Å²) in [7, 11) is -3.61. The van der Waals surface area contributed by atoms with Crippen LogP contribution in [0.15, 0.2) is 36.4 Å². The Morgan fingerprint density at radius 1 is 1.22 bits per heavy atom. The normalized spacial score (nSPS) is 17.2. The van der Waals surface area contributed by atoms with E-state index >= 15 is 0 Å². The number of ether oxygens (including phenoxy) is 1. The lowest BCUT2D eigenvalue weighted by atomic mass is 9.99. The third-order valence-electron chi connectivity index (χ3n) is 5.72. The maximum absolute atomic E-state index is 12.9. The van der Waals surface area contributed by atoms with Crippen LogP contribution >= 0.6 is 23.2 Å². The molecule has 174 valence electrons. The molecule has 32 heavy (non-hydrogen) atoms. The van der Waals surface area contributed by atoms with E-state index < -0.39 is 10.0 Å². The largest absolute Gasteiger partial charge is 0.491 e. The number of piperidine rings is 1. The average Bonchev–Trinajstić information content (AvgIpc) is 2.76. The zero-order valence-electron chi connectivity index (χ0n) is 18.2. The van der Waals surface area contributed by atoms with E-state index in [0.717, 1.165) is 16.9 Å². The second-order valence-electron chi connectivity index (χ2n) is 8.03. The van der Waals surface area contributed by atoms with Gasteiger partial charge in [0.2, 0.25) is 15.9 Å². The number of aryl methyl sites for hydroxylation is 1. The Balaban J connectivity index is 1.52. The fourth-order valence-corrected chi connectivity index (χ4v) is 5.89. The fourth-order valence-electron chi connectivity index (χ4n) is 3.70. The lowest BCUT2D eigenvalue weighted by Gasteiger charge is -2.31. The van der Waals surface area contributed by atoms with Crippen LogP contribution in [0.3, 0.4) is 0 Å². The highest BCUT2D eigenvalue weighted by atomic mass is 35.5. The Morgan fingerprint density at radius 2 is 2.00 bits per heavy atom. The van der Waals surface area contributed by atoms with E-state index in [1.165, 1.54) is 10.4 Å². The number of hydrogen-bond donors (Lipinski definition) is 1. The van der Waals surface area contributed by atoms with Gasteiger partial charge in [-0.2, -0.15) is 0 Å². The summed E-state index contributed by atoms with van der Waals surface area (Å²) in [6, 6.07) is 10.6. The first-order valence-corrected chi connectivity index (χ1v) is 12.9. The molecule has 1 aliphatic heterocycles. The number of nitrogens with zero attached hydrogens (tertiary/aromatic N) is 1. The Kier molecular flexibility index (Phi) is 8.44. The summed E-state index contributed by atoms with van der Waals surface area (Å²) in [5, 5.41) is 3.64. The van der Waals surface area contributed by atoms with E-state index in [1.807, 2.05) is 32.0 Å². The van der Waals surface area contributed by atoms with Crippen LogP contribution in [0.2, 0.25) is 10.0 Å². The van der Waals surface area contributed by atoms with Crippen molar-refractivity contribution in [3.8, 4) is 5.75 Å². The molecule has 0 bridgehead atoms. The molecule has 1 amide bonds. The zero-order valence-corrected chi connectivity index (χ0v) is 20.6. The third kappa shape index (κ3) is 6.38. The highest BCUT2D eigenvalue weighted by Crippen LogP contribution is 2.26. The summed E-state index contributed by atoms with van der Waals surface area (Å²) in [6.45, 7) is 5.28. The van der Waals surface area contributed by atoms with Crippen LogP contribution in [-0.2, 0) is 20.6 Å². The van der Waals surface area contributed by atoms with Crippen molar-refractivity contribution in [1.29, 1.82) is 0 Å². The molecule has 1 saturated heterocycles. The minimum atomic E-state index is -3.61. The van der Waals surface area contributed by atoms with E-state index in [-0.39, 0.29) is 24.1 Å².